The number of para-hydroxylation sites is 1. The minimum atomic E-state index is -0.256. The number of amides is 1. The van der Waals surface area contributed by atoms with Crippen molar-refractivity contribution in [2.75, 3.05) is 10.7 Å². The molecular weight excluding hydrogens is 252 g/mol. The SMILES string of the molecule is Cc1cc(NN)ccc1C(=O)Nc1ccccc1C#N. The number of hydrogen-bond acceptors (Lipinski definition) is 4. The predicted octanol–water partition coefficient (Wildman–Crippen LogP) is 2.40. The van der Waals surface area contributed by atoms with Crippen LogP contribution in [-0.4, -0.2) is 5.91 Å². The van der Waals surface area contributed by atoms with Gasteiger partial charge < -0.3 is 10.7 Å². The lowest BCUT2D eigenvalue weighted by atomic mass is 10.1. The molecule has 0 fully saturated rings. The summed E-state index contributed by atoms with van der Waals surface area (Å²) in [6.07, 6.45) is 0. The number of nitrogen functional groups attached to an aromatic ring is 1. The summed E-state index contributed by atoms with van der Waals surface area (Å²) in [5.41, 5.74) is 5.53. The Morgan fingerprint density at radius 3 is 2.65 bits per heavy atom. The van der Waals surface area contributed by atoms with Crippen LogP contribution in [0.2, 0.25) is 0 Å². The number of benzene rings is 2. The third-order valence-corrected chi connectivity index (χ3v) is 2.93. The molecule has 0 aliphatic heterocycles. The molecule has 0 heterocycles. The van der Waals surface area contributed by atoms with Crippen molar-refractivity contribution in [3.05, 3.63) is 59.2 Å². The van der Waals surface area contributed by atoms with Crippen molar-refractivity contribution in [1.82, 2.24) is 0 Å². The number of hydrogen-bond donors (Lipinski definition) is 3. The van der Waals surface area contributed by atoms with Crippen molar-refractivity contribution in [2.24, 2.45) is 5.84 Å². The highest BCUT2D eigenvalue weighted by molar-refractivity contribution is 6.06. The molecule has 2 aromatic rings. The number of nitriles is 1. The van der Waals surface area contributed by atoms with E-state index in [1.807, 2.05) is 13.0 Å². The predicted molar refractivity (Wildman–Crippen MR) is 78.1 cm³/mol. The molecule has 0 unspecified atom stereocenters. The molecule has 0 aromatic heterocycles. The number of nitrogens with one attached hydrogen (secondary N) is 2. The first-order valence-corrected chi connectivity index (χ1v) is 6.03. The van der Waals surface area contributed by atoms with E-state index in [0.717, 1.165) is 11.3 Å². The van der Waals surface area contributed by atoms with Crippen LogP contribution < -0.4 is 16.6 Å². The molecule has 1 amide bonds. The highest BCUT2D eigenvalue weighted by Gasteiger charge is 2.11. The van der Waals surface area contributed by atoms with Crippen LogP contribution in [-0.2, 0) is 0 Å². The maximum atomic E-state index is 12.2. The summed E-state index contributed by atoms with van der Waals surface area (Å²) in [5, 5.41) is 11.7. The Kier molecular flexibility index (Phi) is 3.99. The van der Waals surface area contributed by atoms with E-state index in [1.54, 1.807) is 42.5 Å². The van der Waals surface area contributed by atoms with Crippen molar-refractivity contribution >= 4 is 17.3 Å². The number of carbonyl (C=O) groups excluding carboxylic acids is 1. The monoisotopic (exact) mass is 266 g/mol. The highest BCUT2D eigenvalue weighted by Crippen LogP contribution is 2.18. The van der Waals surface area contributed by atoms with E-state index in [4.69, 9.17) is 11.1 Å². The summed E-state index contributed by atoms with van der Waals surface area (Å²) in [7, 11) is 0. The van der Waals surface area contributed by atoms with Crippen LogP contribution in [0.25, 0.3) is 0 Å². The van der Waals surface area contributed by atoms with E-state index in [1.165, 1.54) is 0 Å². The summed E-state index contributed by atoms with van der Waals surface area (Å²) in [6.45, 7) is 1.83. The third-order valence-electron chi connectivity index (χ3n) is 2.93. The molecule has 0 aliphatic carbocycles. The topological polar surface area (TPSA) is 90.9 Å². The molecule has 20 heavy (non-hydrogen) atoms. The summed E-state index contributed by atoms with van der Waals surface area (Å²) < 4.78 is 0. The molecule has 100 valence electrons. The molecule has 2 aromatic carbocycles. The Balaban J connectivity index is 2.27. The van der Waals surface area contributed by atoms with Gasteiger partial charge >= 0.3 is 0 Å². The first-order chi connectivity index (χ1) is 9.65. The van der Waals surface area contributed by atoms with Gasteiger partial charge in [0.25, 0.3) is 5.91 Å². The van der Waals surface area contributed by atoms with Crippen LogP contribution in [0, 0.1) is 18.3 Å². The number of hydrazine groups is 1. The summed E-state index contributed by atoms with van der Waals surface area (Å²) in [5.74, 6) is 5.06. The van der Waals surface area contributed by atoms with Crippen molar-refractivity contribution in [3.63, 3.8) is 0 Å². The van der Waals surface area contributed by atoms with Gasteiger partial charge in [-0.2, -0.15) is 5.26 Å². The Hall–Kier alpha value is -2.84. The van der Waals surface area contributed by atoms with E-state index < -0.39 is 0 Å². The highest BCUT2D eigenvalue weighted by atomic mass is 16.1. The second-order valence-electron chi connectivity index (χ2n) is 4.29. The fourth-order valence-electron chi connectivity index (χ4n) is 1.89. The summed E-state index contributed by atoms with van der Waals surface area (Å²) in [6, 6.07) is 14.1. The molecule has 4 N–H and O–H groups in total. The van der Waals surface area contributed by atoms with Crippen molar-refractivity contribution < 1.29 is 4.79 Å². The van der Waals surface area contributed by atoms with E-state index in [2.05, 4.69) is 10.7 Å². The number of nitrogens with zero attached hydrogens (tertiary/aromatic N) is 1. The summed E-state index contributed by atoms with van der Waals surface area (Å²) in [4.78, 5) is 12.2. The number of rotatable bonds is 3. The fourth-order valence-corrected chi connectivity index (χ4v) is 1.89. The van der Waals surface area contributed by atoms with Crippen LogP contribution >= 0.6 is 0 Å². The molecule has 0 atom stereocenters. The molecule has 0 saturated carbocycles. The molecule has 0 radical (unpaired) electrons. The largest absolute Gasteiger partial charge is 0.324 e. The maximum Gasteiger partial charge on any atom is 0.255 e. The molecule has 0 spiro atoms. The van der Waals surface area contributed by atoms with Crippen LogP contribution in [0.3, 0.4) is 0 Å². The lowest BCUT2D eigenvalue weighted by Gasteiger charge is -2.10. The lowest BCUT2D eigenvalue weighted by molar-refractivity contribution is 0.102. The third kappa shape index (κ3) is 2.76. The maximum absolute atomic E-state index is 12.2. The van der Waals surface area contributed by atoms with E-state index in [-0.39, 0.29) is 5.91 Å². The zero-order valence-corrected chi connectivity index (χ0v) is 11.0. The Morgan fingerprint density at radius 1 is 1.25 bits per heavy atom. The summed E-state index contributed by atoms with van der Waals surface area (Å²) >= 11 is 0. The Morgan fingerprint density at radius 2 is 2.00 bits per heavy atom. The average molecular weight is 266 g/mol. The molecular formula is C15H14N4O. The van der Waals surface area contributed by atoms with Crippen molar-refractivity contribution in [1.29, 1.82) is 5.26 Å². The second-order valence-corrected chi connectivity index (χ2v) is 4.29. The van der Waals surface area contributed by atoms with Gasteiger partial charge in [-0.3, -0.25) is 10.6 Å². The van der Waals surface area contributed by atoms with Gasteiger partial charge in [-0.25, -0.2) is 0 Å². The van der Waals surface area contributed by atoms with Crippen LogP contribution in [0.4, 0.5) is 11.4 Å². The van der Waals surface area contributed by atoms with Crippen LogP contribution in [0.15, 0.2) is 42.5 Å². The molecule has 5 heteroatoms. The van der Waals surface area contributed by atoms with Crippen LogP contribution in [0.1, 0.15) is 21.5 Å². The fraction of sp³-hybridized carbons (Fsp3) is 0.0667. The normalized spacial score (nSPS) is 9.65. The second kappa shape index (κ2) is 5.87. The van der Waals surface area contributed by atoms with Gasteiger partial charge in [-0.15, -0.1) is 0 Å². The van der Waals surface area contributed by atoms with Gasteiger partial charge in [0.05, 0.1) is 11.3 Å². The van der Waals surface area contributed by atoms with Gasteiger partial charge in [0.15, 0.2) is 0 Å². The molecule has 5 nitrogen and oxygen atoms in total. The quantitative estimate of drug-likeness (QED) is 0.587. The lowest BCUT2D eigenvalue weighted by Crippen LogP contribution is -2.15. The molecule has 0 aliphatic rings. The van der Waals surface area contributed by atoms with Crippen LogP contribution in [0.5, 0.6) is 0 Å². The number of anilines is 2. The van der Waals surface area contributed by atoms with Gasteiger partial charge in [-0.05, 0) is 42.8 Å². The van der Waals surface area contributed by atoms with E-state index in [9.17, 15) is 4.79 Å². The Bertz CT molecular complexity index is 689. The molecule has 2 rings (SSSR count). The minimum Gasteiger partial charge on any atom is -0.324 e. The van der Waals surface area contributed by atoms with E-state index >= 15 is 0 Å². The first-order valence-electron chi connectivity index (χ1n) is 6.03. The van der Waals surface area contributed by atoms with Gasteiger partial charge in [-0.1, -0.05) is 12.1 Å². The Labute approximate surface area is 117 Å². The van der Waals surface area contributed by atoms with E-state index in [0.29, 0.717) is 16.8 Å². The number of nitrogens with two attached hydrogens (primary N) is 1. The smallest absolute Gasteiger partial charge is 0.255 e. The number of aryl methyl sites for hydroxylation is 1. The van der Waals surface area contributed by atoms with Crippen molar-refractivity contribution in [2.45, 2.75) is 6.92 Å². The standard InChI is InChI=1S/C15H14N4O/c1-10-8-12(19-17)6-7-13(10)15(20)18-14-5-3-2-4-11(14)9-16/h2-8,19H,17H2,1H3,(H,18,20). The number of carbonyl (C=O) groups is 1. The zero-order valence-electron chi connectivity index (χ0n) is 11.0. The average Bonchev–Trinajstić information content (AvgIpc) is 2.47. The van der Waals surface area contributed by atoms with Gasteiger partial charge in [0.1, 0.15) is 6.07 Å². The van der Waals surface area contributed by atoms with Gasteiger partial charge in [0, 0.05) is 11.3 Å². The molecule has 0 bridgehead atoms. The first kappa shape index (κ1) is 13.6. The molecule has 0 saturated heterocycles. The minimum absolute atomic E-state index is 0.256. The zero-order chi connectivity index (χ0) is 14.5. The van der Waals surface area contributed by atoms with Crippen molar-refractivity contribution in [3.8, 4) is 6.07 Å². The van der Waals surface area contributed by atoms with Gasteiger partial charge in [0.2, 0.25) is 0 Å².